The molecule has 1 aromatic rings. The van der Waals surface area contributed by atoms with Crippen molar-refractivity contribution in [3.8, 4) is 0 Å². The molecule has 0 aliphatic heterocycles. The molecule has 1 atom stereocenters. The summed E-state index contributed by atoms with van der Waals surface area (Å²) in [5.74, 6) is 0.840. The fraction of sp³-hybridized carbons (Fsp3) is 0.562. The second-order valence-electron chi connectivity index (χ2n) is 5.95. The molecule has 0 saturated carbocycles. The molecule has 0 heterocycles. The van der Waals surface area contributed by atoms with Crippen molar-refractivity contribution in [3.63, 3.8) is 0 Å². The van der Waals surface area contributed by atoms with Crippen molar-refractivity contribution in [2.45, 2.75) is 25.9 Å². The number of hydrogen-bond donors (Lipinski definition) is 2. The van der Waals surface area contributed by atoms with Crippen LogP contribution in [0, 0.1) is 0 Å². The molecule has 1 aromatic carbocycles. The second kappa shape index (κ2) is 10.8. The molecule has 0 bridgehead atoms. The van der Waals surface area contributed by atoms with Gasteiger partial charge in [0.2, 0.25) is 0 Å². The Hall–Kier alpha value is -1.03. The van der Waals surface area contributed by atoms with Gasteiger partial charge in [0.15, 0.2) is 5.96 Å². The van der Waals surface area contributed by atoms with E-state index in [4.69, 9.17) is 0 Å². The lowest BCUT2D eigenvalue weighted by Gasteiger charge is -2.18. The number of nitrogens with zero attached hydrogens (tertiary/aromatic N) is 2. The monoisotopic (exact) mass is 468 g/mol. The van der Waals surface area contributed by atoms with Crippen molar-refractivity contribution in [1.82, 2.24) is 10.6 Å². The standard InChI is InChI=1S/C16H28N4O2S.HI/c1-13(10-11-23(5,21)22)19-16(17-2)18-12-14-6-8-15(9-7-14)20(3)4;/h6-9,13H,10-12H2,1-5H3,(H2,17,18,19);1H. The van der Waals surface area contributed by atoms with Crippen LogP contribution in [0.15, 0.2) is 29.3 Å². The molecule has 0 fully saturated rings. The van der Waals surface area contributed by atoms with E-state index in [0.29, 0.717) is 18.9 Å². The fourth-order valence-corrected chi connectivity index (χ4v) is 2.77. The van der Waals surface area contributed by atoms with Crippen LogP contribution in [0.4, 0.5) is 5.69 Å². The lowest BCUT2D eigenvalue weighted by molar-refractivity contribution is 0.581. The van der Waals surface area contributed by atoms with Crippen LogP contribution in [-0.4, -0.2) is 53.6 Å². The van der Waals surface area contributed by atoms with E-state index in [2.05, 4.69) is 44.8 Å². The van der Waals surface area contributed by atoms with Crippen LogP contribution in [0.1, 0.15) is 18.9 Å². The van der Waals surface area contributed by atoms with Gasteiger partial charge in [-0.2, -0.15) is 0 Å². The van der Waals surface area contributed by atoms with E-state index in [1.54, 1.807) is 7.05 Å². The Kier molecular flexibility index (Phi) is 10.3. The largest absolute Gasteiger partial charge is 0.378 e. The average Bonchev–Trinajstić information content (AvgIpc) is 2.49. The van der Waals surface area contributed by atoms with Crippen LogP contribution < -0.4 is 15.5 Å². The van der Waals surface area contributed by atoms with Crippen molar-refractivity contribution in [2.75, 3.05) is 38.1 Å². The maximum absolute atomic E-state index is 11.2. The molecule has 0 aliphatic carbocycles. The van der Waals surface area contributed by atoms with Crippen molar-refractivity contribution >= 4 is 45.5 Å². The van der Waals surface area contributed by atoms with Gasteiger partial charge in [-0.15, -0.1) is 24.0 Å². The number of anilines is 1. The van der Waals surface area contributed by atoms with Crippen LogP contribution in [0.3, 0.4) is 0 Å². The summed E-state index contributed by atoms with van der Waals surface area (Å²) < 4.78 is 22.4. The molecular weight excluding hydrogens is 439 g/mol. The minimum atomic E-state index is -2.93. The number of aliphatic imine (C=N–C) groups is 1. The Balaban J connectivity index is 0.00000529. The predicted molar refractivity (Wildman–Crippen MR) is 113 cm³/mol. The number of nitrogens with one attached hydrogen (secondary N) is 2. The summed E-state index contributed by atoms with van der Waals surface area (Å²) >= 11 is 0. The van der Waals surface area contributed by atoms with Gasteiger partial charge in [-0.05, 0) is 31.0 Å². The lowest BCUT2D eigenvalue weighted by Crippen LogP contribution is -2.42. The summed E-state index contributed by atoms with van der Waals surface area (Å²) in [6.07, 6.45) is 1.81. The molecule has 0 spiro atoms. The molecule has 0 aromatic heterocycles. The Labute approximate surface area is 163 Å². The maximum Gasteiger partial charge on any atom is 0.191 e. The average molecular weight is 468 g/mol. The zero-order valence-corrected chi connectivity index (χ0v) is 18.2. The smallest absolute Gasteiger partial charge is 0.191 e. The van der Waals surface area contributed by atoms with Crippen LogP contribution in [0.25, 0.3) is 0 Å². The topological polar surface area (TPSA) is 73.8 Å². The number of guanidine groups is 1. The molecule has 24 heavy (non-hydrogen) atoms. The highest BCUT2D eigenvalue weighted by Gasteiger charge is 2.09. The minimum absolute atomic E-state index is 0. The Morgan fingerprint density at radius 3 is 2.29 bits per heavy atom. The highest BCUT2D eigenvalue weighted by atomic mass is 127. The molecule has 0 saturated heterocycles. The van der Waals surface area contributed by atoms with E-state index in [1.165, 1.54) is 6.26 Å². The Bertz CT molecular complexity index is 615. The van der Waals surface area contributed by atoms with Crippen LogP contribution in [0.2, 0.25) is 0 Å². The van der Waals surface area contributed by atoms with Gasteiger partial charge in [0.1, 0.15) is 9.84 Å². The van der Waals surface area contributed by atoms with Crippen LogP contribution in [0.5, 0.6) is 0 Å². The maximum atomic E-state index is 11.2. The van der Waals surface area contributed by atoms with Gasteiger partial charge in [0.25, 0.3) is 0 Å². The van der Waals surface area contributed by atoms with Gasteiger partial charge < -0.3 is 15.5 Å². The molecular formula is C16H29IN4O2S. The van der Waals surface area contributed by atoms with E-state index >= 15 is 0 Å². The van der Waals surface area contributed by atoms with E-state index in [1.807, 2.05) is 21.0 Å². The first kappa shape index (κ1) is 23.0. The third kappa shape index (κ3) is 9.31. The second-order valence-corrected chi connectivity index (χ2v) is 8.21. The number of halogens is 1. The third-order valence-corrected chi connectivity index (χ3v) is 4.42. The van der Waals surface area contributed by atoms with Gasteiger partial charge in [-0.3, -0.25) is 4.99 Å². The number of sulfone groups is 1. The first-order valence-electron chi connectivity index (χ1n) is 7.62. The molecule has 2 N–H and O–H groups in total. The lowest BCUT2D eigenvalue weighted by atomic mass is 10.2. The molecule has 0 amide bonds. The van der Waals surface area contributed by atoms with E-state index in [9.17, 15) is 8.42 Å². The van der Waals surface area contributed by atoms with Crippen LogP contribution in [-0.2, 0) is 16.4 Å². The molecule has 6 nitrogen and oxygen atoms in total. The molecule has 1 rings (SSSR count). The molecule has 8 heteroatoms. The van der Waals surface area contributed by atoms with Crippen LogP contribution >= 0.6 is 24.0 Å². The summed E-state index contributed by atoms with van der Waals surface area (Å²) in [5, 5.41) is 6.44. The predicted octanol–water partition coefficient (Wildman–Crippen LogP) is 1.86. The summed E-state index contributed by atoms with van der Waals surface area (Å²) in [7, 11) is 2.79. The van der Waals surface area contributed by atoms with Crippen molar-refractivity contribution in [3.05, 3.63) is 29.8 Å². The van der Waals surface area contributed by atoms with Gasteiger partial charge in [0.05, 0.1) is 5.75 Å². The first-order chi connectivity index (χ1) is 10.7. The molecule has 138 valence electrons. The van der Waals surface area contributed by atoms with E-state index in [0.717, 1.165) is 11.3 Å². The highest BCUT2D eigenvalue weighted by Crippen LogP contribution is 2.11. The minimum Gasteiger partial charge on any atom is -0.378 e. The quantitative estimate of drug-likeness (QED) is 0.363. The van der Waals surface area contributed by atoms with Gasteiger partial charge in [-0.25, -0.2) is 8.42 Å². The number of hydrogen-bond acceptors (Lipinski definition) is 4. The Morgan fingerprint density at radius 2 is 1.83 bits per heavy atom. The number of benzene rings is 1. The third-order valence-electron chi connectivity index (χ3n) is 3.44. The summed E-state index contributed by atoms with van der Waals surface area (Å²) in [4.78, 5) is 6.23. The highest BCUT2D eigenvalue weighted by molar-refractivity contribution is 14.0. The first-order valence-corrected chi connectivity index (χ1v) is 9.68. The summed E-state index contributed by atoms with van der Waals surface area (Å²) in [6, 6.07) is 8.32. The molecule has 0 radical (unpaired) electrons. The van der Waals surface area contributed by atoms with Gasteiger partial charge in [-0.1, -0.05) is 12.1 Å². The van der Waals surface area contributed by atoms with E-state index < -0.39 is 9.84 Å². The molecule has 0 aliphatic rings. The van der Waals surface area contributed by atoms with Gasteiger partial charge >= 0.3 is 0 Å². The summed E-state index contributed by atoms with van der Waals surface area (Å²) in [5.41, 5.74) is 2.31. The number of rotatable bonds is 7. The van der Waals surface area contributed by atoms with Gasteiger partial charge in [0, 0.05) is 45.7 Å². The van der Waals surface area contributed by atoms with E-state index in [-0.39, 0.29) is 35.8 Å². The Morgan fingerprint density at radius 1 is 1.25 bits per heavy atom. The fourth-order valence-electron chi connectivity index (χ4n) is 1.99. The SMILES string of the molecule is CN=C(NCc1ccc(N(C)C)cc1)NC(C)CCS(C)(=O)=O.I. The normalized spacial score (nSPS) is 13.0. The van der Waals surface area contributed by atoms with Crippen molar-refractivity contribution < 1.29 is 8.42 Å². The zero-order chi connectivity index (χ0) is 17.5. The zero-order valence-electron chi connectivity index (χ0n) is 15.0. The van der Waals surface area contributed by atoms with Crippen molar-refractivity contribution in [1.29, 1.82) is 0 Å². The summed E-state index contributed by atoms with van der Waals surface area (Å²) in [6.45, 7) is 2.61. The molecule has 1 unspecified atom stereocenters. The van der Waals surface area contributed by atoms with Crippen molar-refractivity contribution in [2.24, 2.45) is 4.99 Å².